The van der Waals surface area contributed by atoms with Crippen LogP contribution in [0, 0.1) is 6.92 Å². The molecule has 10 heteroatoms. The van der Waals surface area contributed by atoms with Crippen LogP contribution in [-0.2, 0) is 0 Å². The highest BCUT2D eigenvalue weighted by Crippen LogP contribution is 2.29. The summed E-state index contributed by atoms with van der Waals surface area (Å²) in [6.45, 7) is 3.00. The second kappa shape index (κ2) is 7.96. The number of anilines is 1. The fraction of sp³-hybridized carbons (Fsp3) is 0.300. The Bertz CT molecular complexity index is 1080. The van der Waals surface area contributed by atoms with Crippen LogP contribution in [0.25, 0.3) is 16.6 Å². The molecule has 1 unspecified atom stereocenters. The minimum atomic E-state index is -4.77. The maximum absolute atomic E-state index is 12.4. The molecule has 0 saturated heterocycles. The van der Waals surface area contributed by atoms with Crippen molar-refractivity contribution in [2.24, 2.45) is 0 Å². The van der Waals surface area contributed by atoms with E-state index in [1.807, 2.05) is 19.2 Å². The number of rotatable bonds is 5. The van der Waals surface area contributed by atoms with E-state index in [0.717, 1.165) is 27.9 Å². The topological polar surface area (TPSA) is 86.3 Å². The fourth-order valence-corrected chi connectivity index (χ4v) is 3.51. The van der Waals surface area contributed by atoms with E-state index in [1.54, 1.807) is 11.0 Å². The van der Waals surface area contributed by atoms with Gasteiger partial charge in [-0.1, -0.05) is 12.1 Å². The van der Waals surface area contributed by atoms with Gasteiger partial charge in [0.15, 0.2) is 6.35 Å². The molecule has 0 amide bonds. The summed E-state index contributed by atoms with van der Waals surface area (Å²) in [5.41, 5.74) is 4.10. The quantitative estimate of drug-likeness (QED) is 0.548. The number of benzene rings is 1. The Balaban J connectivity index is 1.44. The minimum Gasteiger partial charge on any atom is -0.406 e. The Kier molecular flexibility index (Phi) is 5.35. The fourth-order valence-electron chi connectivity index (χ4n) is 3.51. The van der Waals surface area contributed by atoms with Gasteiger partial charge in [0.05, 0.1) is 5.69 Å². The zero-order valence-electron chi connectivity index (χ0n) is 16.1. The standard InChI is InChI=1S/C20H20F3N5O2/c1-12-10-24-18-16(12)17(25-11-26-18)13-5-7-28(8-6-13)19(29)27-14-3-2-4-15(9-14)30-20(21,22)23/h2-5,9-11,19,27,29H,6-8H2,1H3,(H,24,25,26). The van der Waals surface area contributed by atoms with Crippen LogP contribution in [0.4, 0.5) is 18.9 Å². The van der Waals surface area contributed by atoms with Crippen molar-refractivity contribution in [1.82, 2.24) is 19.9 Å². The third kappa shape index (κ3) is 4.39. The Morgan fingerprint density at radius 2 is 2.13 bits per heavy atom. The van der Waals surface area contributed by atoms with E-state index in [-0.39, 0.29) is 5.75 Å². The number of hydrogen-bond acceptors (Lipinski definition) is 6. The summed E-state index contributed by atoms with van der Waals surface area (Å²) in [6, 6.07) is 5.37. The molecule has 0 fully saturated rings. The van der Waals surface area contributed by atoms with Crippen LogP contribution in [0.1, 0.15) is 17.7 Å². The van der Waals surface area contributed by atoms with Gasteiger partial charge in [-0.2, -0.15) is 0 Å². The van der Waals surface area contributed by atoms with Gasteiger partial charge in [0.1, 0.15) is 17.7 Å². The average Bonchev–Trinajstić information content (AvgIpc) is 3.08. The van der Waals surface area contributed by atoms with Crippen molar-refractivity contribution in [3.05, 3.63) is 54.1 Å². The highest BCUT2D eigenvalue weighted by molar-refractivity contribution is 5.90. The number of fused-ring (bicyclic) bond motifs is 1. The maximum Gasteiger partial charge on any atom is 0.573 e. The predicted molar refractivity (Wildman–Crippen MR) is 106 cm³/mol. The summed E-state index contributed by atoms with van der Waals surface area (Å²) >= 11 is 0. The van der Waals surface area contributed by atoms with Crippen molar-refractivity contribution in [2.45, 2.75) is 26.1 Å². The first kappa shape index (κ1) is 20.2. The van der Waals surface area contributed by atoms with Gasteiger partial charge in [0.2, 0.25) is 0 Å². The number of hydrogen-bond donors (Lipinski definition) is 3. The van der Waals surface area contributed by atoms with Gasteiger partial charge in [0, 0.05) is 36.4 Å². The number of ether oxygens (including phenoxy) is 1. The van der Waals surface area contributed by atoms with Crippen LogP contribution in [0.15, 0.2) is 42.9 Å². The Morgan fingerprint density at radius 1 is 1.30 bits per heavy atom. The van der Waals surface area contributed by atoms with Gasteiger partial charge in [-0.25, -0.2) is 9.97 Å². The van der Waals surface area contributed by atoms with E-state index in [9.17, 15) is 18.3 Å². The minimum absolute atomic E-state index is 0.319. The smallest absolute Gasteiger partial charge is 0.406 e. The van der Waals surface area contributed by atoms with Crippen molar-refractivity contribution in [1.29, 1.82) is 0 Å². The Labute approximate surface area is 170 Å². The summed E-state index contributed by atoms with van der Waals surface area (Å²) in [6.07, 6.45) is 0.229. The third-order valence-corrected chi connectivity index (χ3v) is 4.92. The van der Waals surface area contributed by atoms with Gasteiger partial charge in [-0.3, -0.25) is 4.90 Å². The molecular formula is C20H20F3N5O2. The number of aromatic nitrogens is 3. The molecule has 0 spiro atoms. The normalized spacial score (nSPS) is 16.4. The molecule has 1 atom stereocenters. The number of aliphatic hydroxyl groups is 1. The predicted octanol–water partition coefficient (Wildman–Crippen LogP) is 3.64. The molecule has 3 heterocycles. The van der Waals surface area contributed by atoms with E-state index in [4.69, 9.17) is 0 Å². The summed E-state index contributed by atoms with van der Waals surface area (Å²) < 4.78 is 41.1. The van der Waals surface area contributed by atoms with E-state index < -0.39 is 12.7 Å². The van der Waals surface area contributed by atoms with Crippen molar-refractivity contribution >= 4 is 22.3 Å². The molecule has 158 valence electrons. The van der Waals surface area contributed by atoms with Crippen LogP contribution >= 0.6 is 0 Å². The molecule has 1 aromatic carbocycles. The van der Waals surface area contributed by atoms with Crippen LogP contribution < -0.4 is 10.1 Å². The molecule has 2 aromatic heterocycles. The van der Waals surface area contributed by atoms with Crippen molar-refractivity contribution < 1.29 is 23.0 Å². The lowest BCUT2D eigenvalue weighted by Crippen LogP contribution is -2.43. The number of halogens is 3. The summed E-state index contributed by atoms with van der Waals surface area (Å²) in [4.78, 5) is 13.6. The van der Waals surface area contributed by atoms with Crippen LogP contribution in [0.5, 0.6) is 5.75 Å². The first-order valence-corrected chi connectivity index (χ1v) is 9.33. The molecule has 3 aromatic rings. The molecule has 30 heavy (non-hydrogen) atoms. The SMILES string of the molecule is Cc1c[nH]c2ncnc(C3=CCN(C(O)Nc4cccc(OC(F)(F)F)c4)CC3)c12. The van der Waals surface area contributed by atoms with Gasteiger partial charge in [-0.15, -0.1) is 13.2 Å². The van der Waals surface area contributed by atoms with Crippen molar-refractivity contribution in [2.75, 3.05) is 18.4 Å². The third-order valence-electron chi connectivity index (χ3n) is 4.92. The molecule has 0 saturated carbocycles. The highest BCUT2D eigenvalue weighted by atomic mass is 19.4. The summed E-state index contributed by atoms with van der Waals surface area (Å²) in [5.74, 6) is -0.352. The first-order valence-electron chi connectivity index (χ1n) is 9.33. The molecule has 0 aliphatic carbocycles. The molecular weight excluding hydrogens is 399 g/mol. The monoisotopic (exact) mass is 419 g/mol. The van der Waals surface area contributed by atoms with Crippen LogP contribution in [-0.4, -0.2) is 50.8 Å². The zero-order chi connectivity index (χ0) is 21.3. The summed E-state index contributed by atoms with van der Waals surface area (Å²) in [5, 5.41) is 14.3. The molecule has 0 radical (unpaired) electrons. The maximum atomic E-state index is 12.4. The molecule has 4 rings (SSSR count). The van der Waals surface area contributed by atoms with E-state index >= 15 is 0 Å². The first-order chi connectivity index (χ1) is 14.3. The lowest BCUT2D eigenvalue weighted by molar-refractivity contribution is -0.274. The Hall–Kier alpha value is -3.11. The molecule has 7 nitrogen and oxygen atoms in total. The van der Waals surface area contributed by atoms with Gasteiger partial charge >= 0.3 is 6.36 Å². The number of nitrogens with one attached hydrogen (secondary N) is 2. The zero-order valence-corrected chi connectivity index (χ0v) is 16.1. The van der Waals surface area contributed by atoms with E-state index in [1.165, 1.54) is 24.5 Å². The van der Waals surface area contributed by atoms with Crippen LogP contribution in [0.3, 0.4) is 0 Å². The lowest BCUT2D eigenvalue weighted by Gasteiger charge is -2.31. The summed E-state index contributed by atoms with van der Waals surface area (Å²) in [7, 11) is 0. The number of aromatic amines is 1. The number of aryl methyl sites for hydroxylation is 1. The molecule has 1 aliphatic rings. The molecule has 0 bridgehead atoms. The lowest BCUT2D eigenvalue weighted by atomic mass is 10.0. The van der Waals surface area contributed by atoms with E-state index in [0.29, 0.717) is 25.2 Å². The van der Waals surface area contributed by atoms with Gasteiger partial charge in [-0.05, 0) is 36.6 Å². The largest absolute Gasteiger partial charge is 0.573 e. The number of aliphatic hydroxyl groups excluding tert-OH is 1. The second-order valence-electron chi connectivity index (χ2n) is 6.99. The Morgan fingerprint density at radius 3 is 2.87 bits per heavy atom. The number of H-pyrrole nitrogens is 1. The van der Waals surface area contributed by atoms with E-state index in [2.05, 4.69) is 25.0 Å². The van der Waals surface area contributed by atoms with Crippen molar-refractivity contribution in [3.8, 4) is 5.75 Å². The highest BCUT2D eigenvalue weighted by Gasteiger charge is 2.31. The van der Waals surface area contributed by atoms with Gasteiger partial charge < -0.3 is 20.1 Å². The molecule has 1 aliphatic heterocycles. The molecule has 3 N–H and O–H groups in total. The second-order valence-corrected chi connectivity index (χ2v) is 6.99. The number of nitrogens with zero attached hydrogens (tertiary/aromatic N) is 3. The average molecular weight is 419 g/mol. The van der Waals surface area contributed by atoms with Crippen molar-refractivity contribution in [3.63, 3.8) is 0 Å². The number of alkyl halides is 3. The van der Waals surface area contributed by atoms with Crippen LogP contribution in [0.2, 0.25) is 0 Å². The van der Waals surface area contributed by atoms with Gasteiger partial charge in [0.25, 0.3) is 0 Å².